The van der Waals surface area contributed by atoms with Crippen molar-refractivity contribution < 1.29 is 9.21 Å². The number of halogens is 1. The lowest BCUT2D eigenvalue weighted by Crippen LogP contribution is -2.22. The maximum absolute atomic E-state index is 12.6. The minimum Gasteiger partial charge on any atom is -0.455 e. The molecule has 7 heteroatoms. The van der Waals surface area contributed by atoms with Crippen molar-refractivity contribution in [2.75, 3.05) is 0 Å². The number of hydrazone groups is 1. The minimum atomic E-state index is -0.241. The van der Waals surface area contributed by atoms with Crippen molar-refractivity contribution in [1.29, 1.82) is 0 Å². The highest BCUT2D eigenvalue weighted by molar-refractivity contribution is 9.10. The summed E-state index contributed by atoms with van der Waals surface area (Å²) in [6.45, 7) is 0. The minimum absolute atomic E-state index is 0.241. The van der Waals surface area contributed by atoms with Gasteiger partial charge in [0.05, 0.1) is 11.1 Å². The van der Waals surface area contributed by atoms with Crippen LogP contribution in [-0.4, -0.2) is 21.5 Å². The number of carbonyl (C=O) groups is 1. The zero-order valence-electron chi connectivity index (χ0n) is 14.4. The largest absolute Gasteiger partial charge is 0.455 e. The zero-order chi connectivity index (χ0) is 19.5. The first-order chi connectivity index (χ1) is 13.6. The van der Waals surface area contributed by atoms with Crippen LogP contribution in [0, 0.1) is 0 Å². The molecule has 138 valence electrons. The fourth-order valence-corrected chi connectivity index (χ4v) is 4.00. The van der Waals surface area contributed by atoms with Crippen molar-refractivity contribution in [3.8, 4) is 11.3 Å². The summed E-state index contributed by atoms with van der Waals surface area (Å²) in [4.78, 5) is 13.1. The Labute approximate surface area is 180 Å². The average Bonchev–Trinajstić information content (AvgIpc) is 3.27. The van der Waals surface area contributed by atoms with E-state index in [0.29, 0.717) is 15.0 Å². The van der Waals surface area contributed by atoms with E-state index >= 15 is 0 Å². The molecule has 0 aliphatic carbocycles. The van der Waals surface area contributed by atoms with E-state index in [1.54, 1.807) is 6.07 Å². The first kappa shape index (κ1) is 18.9. The summed E-state index contributed by atoms with van der Waals surface area (Å²) in [6, 6.07) is 21.1. The molecule has 1 aromatic heterocycles. The molecule has 2 heterocycles. The van der Waals surface area contributed by atoms with E-state index in [2.05, 4.69) is 21.0 Å². The molecule has 1 fully saturated rings. The number of hydrogen-bond acceptors (Lipinski definition) is 5. The second kappa shape index (κ2) is 8.26. The molecule has 1 aliphatic rings. The van der Waals surface area contributed by atoms with Crippen LogP contribution in [0.2, 0.25) is 0 Å². The van der Waals surface area contributed by atoms with Gasteiger partial charge in [0.1, 0.15) is 11.5 Å². The Morgan fingerprint density at radius 1 is 1.04 bits per heavy atom. The van der Waals surface area contributed by atoms with Gasteiger partial charge in [0.15, 0.2) is 4.32 Å². The summed E-state index contributed by atoms with van der Waals surface area (Å²) < 4.78 is 7.19. The third-order valence-corrected chi connectivity index (χ3v) is 5.74. The summed E-state index contributed by atoms with van der Waals surface area (Å²) in [5.74, 6) is 1.03. The maximum atomic E-state index is 12.6. The topological polar surface area (TPSA) is 45.8 Å². The van der Waals surface area contributed by atoms with Gasteiger partial charge in [0.25, 0.3) is 5.91 Å². The normalized spacial score (nSPS) is 15.9. The van der Waals surface area contributed by atoms with Crippen LogP contribution in [0.25, 0.3) is 17.4 Å². The van der Waals surface area contributed by atoms with Crippen LogP contribution >= 0.6 is 39.9 Å². The molecule has 1 saturated heterocycles. The predicted molar refractivity (Wildman–Crippen MR) is 121 cm³/mol. The molecule has 0 spiro atoms. The van der Waals surface area contributed by atoms with Gasteiger partial charge < -0.3 is 4.42 Å². The molecule has 3 aromatic rings. The van der Waals surface area contributed by atoms with Crippen molar-refractivity contribution in [2.24, 2.45) is 5.10 Å². The lowest BCUT2D eigenvalue weighted by Gasteiger charge is -2.05. The third kappa shape index (κ3) is 4.16. The van der Waals surface area contributed by atoms with Crippen LogP contribution in [0.5, 0.6) is 0 Å². The molecule has 0 unspecified atom stereocenters. The quantitative estimate of drug-likeness (QED) is 0.269. The zero-order valence-corrected chi connectivity index (χ0v) is 17.6. The fraction of sp³-hybridized carbons (Fsp3) is 0. The van der Waals surface area contributed by atoms with Gasteiger partial charge in [-0.3, -0.25) is 4.79 Å². The highest BCUT2D eigenvalue weighted by Gasteiger charge is 2.32. The van der Waals surface area contributed by atoms with Gasteiger partial charge in [-0.1, -0.05) is 70.2 Å². The Bertz CT molecular complexity index is 1090. The standard InChI is InChI=1S/C21H13BrN2O2S2/c22-16-8-6-15(7-9-16)18-11-10-17(26-18)13-23-24-20(25)19(28-21(24)27)12-14-4-2-1-3-5-14/h1-13H. The van der Waals surface area contributed by atoms with Crippen molar-refractivity contribution in [3.05, 3.63) is 87.4 Å². The second-order valence-electron chi connectivity index (χ2n) is 5.86. The van der Waals surface area contributed by atoms with E-state index in [9.17, 15) is 4.79 Å². The van der Waals surface area contributed by atoms with Crippen LogP contribution in [0.15, 0.2) is 85.6 Å². The maximum Gasteiger partial charge on any atom is 0.286 e. The van der Waals surface area contributed by atoms with Crippen LogP contribution in [0.3, 0.4) is 0 Å². The number of nitrogens with zero attached hydrogens (tertiary/aromatic N) is 2. The fourth-order valence-electron chi connectivity index (χ4n) is 2.57. The van der Waals surface area contributed by atoms with Gasteiger partial charge in [-0.25, -0.2) is 0 Å². The molecule has 0 radical (unpaired) electrons. The molecular weight excluding hydrogens is 456 g/mol. The Hall–Kier alpha value is -2.48. The Balaban J connectivity index is 1.50. The molecule has 0 bridgehead atoms. The van der Waals surface area contributed by atoms with Crippen molar-refractivity contribution >= 4 is 62.4 Å². The monoisotopic (exact) mass is 468 g/mol. The molecular formula is C21H13BrN2O2S2. The molecule has 0 saturated carbocycles. The van der Waals surface area contributed by atoms with Crippen LogP contribution in [0.1, 0.15) is 11.3 Å². The molecule has 1 aliphatic heterocycles. The first-order valence-electron chi connectivity index (χ1n) is 8.33. The number of thioether (sulfide) groups is 1. The van der Waals surface area contributed by atoms with Crippen LogP contribution in [-0.2, 0) is 4.79 Å². The number of amides is 1. The number of furan rings is 1. The van der Waals surface area contributed by atoms with Gasteiger partial charge >= 0.3 is 0 Å². The lowest BCUT2D eigenvalue weighted by atomic mass is 10.2. The SMILES string of the molecule is O=C1C(=Cc2ccccc2)SC(=S)N1N=Cc1ccc(-c2ccc(Br)cc2)o1. The number of rotatable bonds is 4. The molecule has 0 atom stereocenters. The summed E-state index contributed by atoms with van der Waals surface area (Å²) in [5.41, 5.74) is 1.90. The van der Waals surface area contributed by atoms with Gasteiger partial charge in [-0.05, 0) is 48.1 Å². The molecule has 2 aromatic carbocycles. The average molecular weight is 469 g/mol. The number of carbonyl (C=O) groups excluding carboxylic acids is 1. The Morgan fingerprint density at radius 2 is 1.79 bits per heavy atom. The predicted octanol–water partition coefficient (Wildman–Crippen LogP) is 5.94. The van der Waals surface area contributed by atoms with E-state index in [1.807, 2.05) is 66.7 Å². The van der Waals surface area contributed by atoms with Crippen molar-refractivity contribution in [2.45, 2.75) is 0 Å². The summed E-state index contributed by atoms with van der Waals surface area (Å²) in [5, 5.41) is 5.44. The van der Waals surface area contributed by atoms with E-state index in [0.717, 1.165) is 21.4 Å². The van der Waals surface area contributed by atoms with Gasteiger partial charge in [-0.15, -0.1) is 0 Å². The highest BCUT2D eigenvalue weighted by atomic mass is 79.9. The number of benzene rings is 2. The first-order valence-corrected chi connectivity index (χ1v) is 10.3. The molecule has 28 heavy (non-hydrogen) atoms. The van der Waals surface area contributed by atoms with Crippen LogP contribution < -0.4 is 0 Å². The number of hydrogen-bond donors (Lipinski definition) is 0. The van der Waals surface area contributed by atoms with Gasteiger partial charge in [-0.2, -0.15) is 10.1 Å². The van der Waals surface area contributed by atoms with Crippen molar-refractivity contribution in [1.82, 2.24) is 5.01 Å². The molecule has 4 nitrogen and oxygen atoms in total. The summed E-state index contributed by atoms with van der Waals surface area (Å²) >= 11 is 9.95. The lowest BCUT2D eigenvalue weighted by molar-refractivity contribution is -0.122. The Morgan fingerprint density at radius 3 is 2.54 bits per heavy atom. The van der Waals surface area contributed by atoms with Crippen molar-refractivity contribution in [3.63, 3.8) is 0 Å². The third-order valence-electron chi connectivity index (χ3n) is 3.93. The van der Waals surface area contributed by atoms with E-state index in [4.69, 9.17) is 16.6 Å². The van der Waals surface area contributed by atoms with E-state index in [-0.39, 0.29) is 5.91 Å². The van der Waals surface area contributed by atoms with E-state index < -0.39 is 0 Å². The van der Waals surface area contributed by atoms with Crippen LogP contribution in [0.4, 0.5) is 0 Å². The Kier molecular flexibility index (Phi) is 5.57. The van der Waals surface area contributed by atoms with E-state index in [1.165, 1.54) is 23.0 Å². The molecule has 0 N–H and O–H groups in total. The smallest absolute Gasteiger partial charge is 0.286 e. The van der Waals surface area contributed by atoms with Gasteiger partial charge in [0.2, 0.25) is 0 Å². The second-order valence-corrected chi connectivity index (χ2v) is 8.45. The number of thiocarbonyl (C=S) groups is 1. The highest BCUT2D eigenvalue weighted by Crippen LogP contribution is 2.32. The summed E-state index contributed by atoms with van der Waals surface area (Å²) in [6.07, 6.45) is 3.31. The molecule has 1 amide bonds. The summed E-state index contributed by atoms with van der Waals surface area (Å²) in [7, 11) is 0. The molecule has 4 rings (SSSR count). The van der Waals surface area contributed by atoms with Gasteiger partial charge in [0, 0.05) is 10.0 Å².